The van der Waals surface area contributed by atoms with Crippen LogP contribution in [-0.2, 0) is 0 Å². The van der Waals surface area contributed by atoms with E-state index >= 15 is 0 Å². The summed E-state index contributed by atoms with van der Waals surface area (Å²) in [5, 5.41) is 9.20. The molecule has 0 aliphatic carbocycles. The highest BCUT2D eigenvalue weighted by Gasteiger charge is 2.09. The summed E-state index contributed by atoms with van der Waals surface area (Å²) in [4.78, 5) is 12.9. The van der Waals surface area contributed by atoms with Crippen LogP contribution in [0, 0.1) is 0 Å². The quantitative estimate of drug-likeness (QED) is 0.831. The maximum Gasteiger partial charge on any atom is 0.337 e. The van der Waals surface area contributed by atoms with Gasteiger partial charge in [-0.05, 0) is 41.8 Å². The molecule has 0 fully saturated rings. The van der Waals surface area contributed by atoms with Crippen molar-refractivity contribution in [1.29, 1.82) is 0 Å². The average molecular weight is 307 g/mol. The molecule has 0 radical (unpaired) electrons. The number of carbonyl (C=O) groups is 1. The van der Waals surface area contributed by atoms with E-state index in [1.165, 1.54) is 11.6 Å². The Labute approximate surface area is 127 Å². The maximum atomic E-state index is 10.9. The molecule has 2 aromatic rings. The summed E-state index contributed by atoms with van der Waals surface area (Å²) >= 11 is 7.53. The van der Waals surface area contributed by atoms with Crippen LogP contribution in [0.2, 0.25) is 5.02 Å². The Morgan fingerprint density at radius 2 is 1.70 bits per heavy atom. The van der Waals surface area contributed by atoms with Crippen LogP contribution < -0.4 is 0 Å². The first-order valence-electron chi connectivity index (χ1n) is 6.28. The van der Waals surface area contributed by atoms with E-state index < -0.39 is 5.97 Å². The highest BCUT2D eigenvalue weighted by Crippen LogP contribution is 2.31. The number of halogens is 1. The first-order chi connectivity index (χ1) is 9.47. The zero-order valence-corrected chi connectivity index (χ0v) is 12.8. The molecule has 1 N–H and O–H groups in total. The Kier molecular flexibility index (Phi) is 4.73. The standard InChI is InChI=1S/C16H15ClO2S/c1-10(2)11-3-5-12(6-4-11)20-13-7-8-14(16(18)19)15(17)9-13/h3-10H,1-2H3,(H,18,19). The van der Waals surface area contributed by atoms with Gasteiger partial charge in [0.2, 0.25) is 0 Å². The van der Waals surface area contributed by atoms with Crippen LogP contribution in [0.4, 0.5) is 0 Å². The van der Waals surface area contributed by atoms with Crippen molar-refractivity contribution in [2.24, 2.45) is 0 Å². The third-order valence-electron chi connectivity index (χ3n) is 2.95. The molecule has 0 aliphatic rings. The van der Waals surface area contributed by atoms with E-state index in [2.05, 4.69) is 38.1 Å². The van der Waals surface area contributed by atoms with Crippen molar-refractivity contribution in [3.63, 3.8) is 0 Å². The molecular formula is C16H15ClO2S. The van der Waals surface area contributed by atoms with Crippen LogP contribution in [0.1, 0.15) is 35.7 Å². The Hall–Kier alpha value is -1.45. The third kappa shape index (κ3) is 3.56. The molecule has 2 nitrogen and oxygen atoms in total. The summed E-state index contributed by atoms with van der Waals surface area (Å²) in [6.07, 6.45) is 0. The lowest BCUT2D eigenvalue weighted by Crippen LogP contribution is -1.96. The van der Waals surface area contributed by atoms with Gasteiger partial charge in [-0.25, -0.2) is 4.79 Å². The second-order valence-corrected chi connectivity index (χ2v) is 6.33. The van der Waals surface area contributed by atoms with Crippen molar-refractivity contribution in [3.05, 3.63) is 58.6 Å². The van der Waals surface area contributed by atoms with Crippen LogP contribution in [0.15, 0.2) is 52.3 Å². The SMILES string of the molecule is CC(C)c1ccc(Sc2ccc(C(=O)O)c(Cl)c2)cc1. The van der Waals surface area contributed by atoms with Crippen molar-refractivity contribution in [1.82, 2.24) is 0 Å². The fourth-order valence-corrected chi connectivity index (χ4v) is 2.97. The number of benzene rings is 2. The van der Waals surface area contributed by atoms with Crippen molar-refractivity contribution < 1.29 is 9.90 Å². The molecule has 0 amide bonds. The van der Waals surface area contributed by atoms with Gasteiger partial charge in [0.05, 0.1) is 10.6 Å². The van der Waals surface area contributed by atoms with Gasteiger partial charge in [-0.3, -0.25) is 0 Å². The van der Waals surface area contributed by atoms with Gasteiger partial charge in [-0.15, -0.1) is 0 Å². The van der Waals surface area contributed by atoms with Gasteiger partial charge in [-0.2, -0.15) is 0 Å². The number of aromatic carboxylic acids is 1. The Morgan fingerprint density at radius 3 is 2.20 bits per heavy atom. The van der Waals surface area contributed by atoms with Gasteiger partial charge >= 0.3 is 5.97 Å². The van der Waals surface area contributed by atoms with Gasteiger partial charge in [0.25, 0.3) is 0 Å². The van der Waals surface area contributed by atoms with E-state index in [1.54, 1.807) is 23.9 Å². The summed E-state index contributed by atoms with van der Waals surface area (Å²) in [5.74, 6) is -0.494. The Morgan fingerprint density at radius 1 is 1.10 bits per heavy atom. The number of carboxylic acids is 1. The molecule has 0 aliphatic heterocycles. The molecule has 0 saturated heterocycles. The van der Waals surface area contributed by atoms with Crippen molar-refractivity contribution in [2.45, 2.75) is 29.6 Å². The van der Waals surface area contributed by atoms with Crippen molar-refractivity contribution >= 4 is 29.3 Å². The third-order valence-corrected chi connectivity index (χ3v) is 4.26. The van der Waals surface area contributed by atoms with Crippen LogP contribution >= 0.6 is 23.4 Å². The molecule has 4 heteroatoms. The largest absolute Gasteiger partial charge is 0.478 e. The lowest BCUT2D eigenvalue weighted by molar-refractivity contribution is 0.0697. The van der Waals surface area contributed by atoms with Gasteiger partial charge in [0, 0.05) is 9.79 Å². The smallest absolute Gasteiger partial charge is 0.337 e. The summed E-state index contributed by atoms with van der Waals surface area (Å²) in [5.41, 5.74) is 1.43. The van der Waals surface area contributed by atoms with E-state index in [9.17, 15) is 4.79 Å². The minimum Gasteiger partial charge on any atom is -0.478 e. The molecule has 104 valence electrons. The lowest BCUT2D eigenvalue weighted by atomic mass is 10.0. The van der Waals surface area contributed by atoms with Crippen LogP contribution in [0.5, 0.6) is 0 Å². The van der Waals surface area contributed by atoms with Crippen molar-refractivity contribution in [2.75, 3.05) is 0 Å². The minimum atomic E-state index is -1.01. The van der Waals surface area contributed by atoms with E-state index in [0.29, 0.717) is 5.92 Å². The molecule has 0 atom stereocenters. The molecule has 2 rings (SSSR count). The summed E-state index contributed by atoms with van der Waals surface area (Å²) in [6, 6.07) is 13.4. The number of hydrogen-bond acceptors (Lipinski definition) is 2. The Balaban J connectivity index is 2.17. The maximum absolute atomic E-state index is 10.9. The molecule has 0 aromatic heterocycles. The first kappa shape index (κ1) is 14.9. The highest BCUT2D eigenvalue weighted by atomic mass is 35.5. The molecule has 2 aromatic carbocycles. The molecule has 0 unspecified atom stereocenters. The number of rotatable bonds is 4. The molecule has 20 heavy (non-hydrogen) atoms. The summed E-state index contributed by atoms with van der Waals surface area (Å²) in [6.45, 7) is 4.32. The molecular weight excluding hydrogens is 292 g/mol. The van der Waals surface area contributed by atoms with E-state index in [0.717, 1.165) is 9.79 Å². The van der Waals surface area contributed by atoms with Gasteiger partial charge in [0.15, 0.2) is 0 Å². The van der Waals surface area contributed by atoms with Gasteiger partial charge < -0.3 is 5.11 Å². The first-order valence-corrected chi connectivity index (χ1v) is 7.47. The normalized spacial score (nSPS) is 10.8. The molecule has 0 saturated carbocycles. The van der Waals surface area contributed by atoms with Crippen LogP contribution in [-0.4, -0.2) is 11.1 Å². The minimum absolute atomic E-state index is 0.131. The zero-order valence-electron chi connectivity index (χ0n) is 11.3. The topological polar surface area (TPSA) is 37.3 Å². The highest BCUT2D eigenvalue weighted by molar-refractivity contribution is 7.99. The second-order valence-electron chi connectivity index (χ2n) is 4.77. The van der Waals surface area contributed by atoms with E-state index in [4.69, 9.17) is 16.7 Å². The fourth-order valence-electron chi connectivity index (χ4n) is 1.79. The Bertz CT molecular complexity index is 621. The van der Waals surface area contributed by atoms with Crippen LogP contribution in [0.3, 0.4) is 0 Å². The van der Waals surface area contributed by atoms with E-state index in [-0.39, 0.29) is 10.6 Å². The predicted molar refractivity (Wildman–Crippen MR) is 83.1 cm³/mol. The molecule has 0 bridgehead atoms. The second kappa shape index (κ2) is 6.33. The van der Waals surface area contributed by atoms with Crippen molar-refractivity contribution in [3.8, 4) is 0 Å². The number of carboxylic acid groups (broad SMARTS) is 1. The monoisotopic (exact) mass is 306 g/mol. The summed E-state index contributed by atoms with van der Waals surface area (Å²) in [7, 11) is 0. The van der Waals surface area contributed by atoms with Gasteiger partial charge in [0.1, 0.15) is 0 Å². The fraction of sp³-hybridized carbons (Fsp3) is 0.188. The zero-order chi connectivity index (χ0) is 14.7. The summed E-state index contributed by atoms with van der Waals surface area (Å²) < 4.78 is 0. The van der Waals surface area contributed by atoms with E-state index in [1.807, 2.05) is 0 Å². The lowest BCUT2D eigenvalue weighted by Gasteiger charge is -2.07. The molecule has 0 heterocycles. The number of hydrogen-bond donors (Lipinski definition) is 1. The average Bonchev–Trinajstić information content (AvgIpc) is 2.39. The predicted octanol–water partition coefficient (Wildman–Crippen LogP) is 5.31. The van der Waals surface area contributed by atoms with Crippen LogP contribution in [0.25, 0.3) is 0 Å². The van der Waals surface area contributed by atoms with Gasteiger partial charge in [-0.1, -0.05) is 49.3 Å². The molecule has 0 spiro atoms.